The van der Waals surface area contributed by atoms with Gasteiger partial charge in [0.05, 0.1) is 0 Å². The molecule has 0 fully saturated rings. The van der Waals surface area contributed by atoms with Gasteiger partial charge in [-0.05, 0) is 12.1 Å². The van der Waals surface area contributed by atoms with Crippen LogP contribution in [0.3, 0.4) is 0 Å². The van der Waals surface area contributed by atoms with Gasteiger partial charge in [-0.25, -0.2) is 8.78 Å². The van der Waals surface area contributed by atoms with Crippen LogP contribution < -0.4 is 0 Å². The summed E-state index contributed by atoms with van der Waals surface area (Å²) < 4.78 is 23.7. The molecule has 10 heavy (non-hydrogen) atoms. The molecular formula is C6H4ClF2N. The van der Waals surface area contributed by atoms with E-state index >= 15 is 0 Å². The lowest BCUT2D eigenvalue weighted by atomic mass is 10.4. The highest BCUT2D eigenvalue weighted by molar-refractivity contribution is 6.30. The molecule has 0 spiro atoms. The van der Waals surface area contributed by atoms with E-state index < -0.39 is 6.43 Å². The van der Waals surface area contributed by atoms with Gasteiger partial charge in [0.25, 0.3) is 6.43 Å². The molecule has 0 aliphatic heterocycles. The Morgan fingerprint density at radius 1 is 1.50 bits per heavy atom. The van der Waals surface area contributed by atoms with Gasteiger partial charge >= 0.3 is 0 Å². The zero-order valence-electron chi connectivity index (χ0n) is 4.89. The van der Waals surface area contributed by atoms with Crippen LogP contribution in [-0.2, 0) is 0 Å². The van der Waals surface area contributed by atoms with Crippen LogP contribution in [0.4, 0.5) is 8.78 Å². The number of aromatic nitrogens is 1. The van der Waals surface area contributed by atoms with Crippen molar-refractivity contribution >= 4 is 11.6 Å². The van der Waals surface area contributed by atoms with E-state index in [0.29, 0.717) is 0 Å². The Kier molecular flexibility index (Phi) is 2.17. The van der Waals surface area contributed by atoms with Crippen molar-refractivity contribution in [1.29, 1.82) is 0 Å². The molecule has 1 aromatic rings. The molecule has 0 amide bonds. The number of alkyl halides is 2. The van der Waals surface area contributed by atoms with E-state index in [2.05, 4.69) is 4.98 Å². The maximum atomic E-state index is 11.8. The van der Waals surface area contributed by atoms with Gasteiger partial charge in [0.1, 0.15) is 5.69 Å². The Balaban J connectivity index is 2.96. The van der Waals surface area contributed by atoms with E-state index in [0.717, 1.165) is 6.07 Å². The standard InChI is InChI=1S/C6H4ClF2N/c7-4-1-2-10-5(3-4)6(8)9/h1-3,6H. The second-order valence-corrected chi connectivity index (χ2v) is 2.14. The quantitative estimate of drug-likeness (QED) is 0.620. The maximum absolute atomic E-state index is 11.8. The maximum Gasteiger partial charge on any atom is 0.280 e. The van der Waals surface area contributed by atoms with Gasteiger partial charge in [-0.1, -0.05) is 11.6 Å². The average Bonchev–Trinajstić information content (AvgIpc) is 1.88. The van der Waals surface area contributed by atoms with Gasteiger partial charge in [-0.2, -0.15) is 0 Å². The molecule has 0 radical (unpaired) electrons. The predicted octanol–water partition coefficient (Wildman–Crippen LogP) is 2.67. The number of hydrogen-bond donors (Lipinski definition) is 0. The van der Waals surface area contributed by atoms with Crippen LogP contribution >= 0.6 is 11.6 Å². The first-order chi connectivity index (χ1) is 4.70. The van der Waals surface area contributed by atoms with Crippen molar-refractivity contribution in [3.63, 3.8) is 0 Å². The third kappa shape index (κ3) is 1.64. The highest BCUT2D eigenvalue weighted by atomic mass is 35.5. The number of pyridine rings is 1. The van der Waals surface area contributed by atoms with Crippen LogP contribution in [0, 0.1) is 0 Å². The fraction of sp³-hybridized carbons (Fsp3) is 0.167. The lowest BCUT2D eigenvalue weighted by molar-refractivity contribution is 0.146. The molecule has 0 N–H and O–H groups in total. The Labute approximate surface area is 61.7 Å². The minimum Gasteiger partial charge on any atom is -0.255 e. The van der Waals surface area contributed by atoms with Gasteiger partial charge < -0.3 is 0 Å². The second kappa shape index (κ2) is 2.92. The third-order valence-electron chi connectivity index (χ3n) is 0.967. The minimum absolute atomic E-state index is 0.283. The molecule has 1 aromatic heterocycles. The van der Waals surface area contributed by atoms with Gasteiger partial charge in [0.15, 0.2) is 0 Å². The summed E-state index contributed by atoms with van der Waals surface area (Å²) >= 11 is 5.42. The summed E-state index contributed by atoms with van der Waals surface area (Å²) in [5.74, 6) is 0. The lowest BCUT2D eigenvalue weighted by Gasteiger charge is -1.96. The van der Waals surface area contributed by atoms with Crippen LogP contribution in [0.5, 0.6) is 0 Å². The first kappa shape index (κ1) is 7.41. The highest BCUT2D eigenvalue weighted by Gasteiger charge is 2.07. The molecular weight excluding hydrogens is 160 g/mol. The van der Waals surface area contributed by atoms with E-state index in [4.69, 9.17) is 11.6 Å². The summed E-state index contributed by atoms with van der Waals surface area (Å²) in [6.07, 6.45) is -1.29. The zero-order valence-corrected chi connectivity index (χ0v) is 5.65. The molecule has 0 atom stereocenters. The number of rotatable bonds is 1. The molecule has 0 bridgehead atoms. The molecule has 0 unspecified atom stereocenters. The summed E-state index contributed by atoms with van der Waals surface area (Å²) in [5.41, 5.74) is -0.285. The molecule has 0 aliphatic rings. The molecule has 1 heterocycles. The number of halogens is 3. The molecule has 0 aliphatic carbocycles. The van der Waals surface area contributed by atoms with E-state index in [1.165, 1.54) is 12.3 Å². The first-order valence-corrected chi connectivity index (χ1v) is 2.97. The average molecular weight is 164 g/mol. The fourth-order valence-electron chi connectivity index (χ4n) is 0.541. The monoisotopic (exact) mass is 163 g/mol. The minimum atomic E-state index is -2.54. The summed E-state index contributed by atoms with van der Waals surface area (Å²) in [5, 5.41) is 0.283. The van der Waals surface area contributed by atoms with Gasteiger partial charge in [-0.3, -0.25) is 4.98 Å². The SMILES string of the molecule is FC(F)c1cc(Cl)ccn1. The topological polar surface area (TPSA) is 12.9 Å². The molecule has 1 nitrogen and oxygen atoms in total. The summed E-state index contributed by atoms with van der Waals surface area (Å²) in [6, 6.07) is 2.60. The Morgan fingerprint density at radius 3 is 2.60 bits per heavy atom. The van der Waals surface area contributed by atoms with Gasteiger partial charge in [0.2, 0.25) is 0 Å². The van der Waals surface area contributed by atoms with Gasteiger partial charge in [-0.15, -0.1) is 0 Å². The zero-order chi connectivity index (χ0) is 7.56. The van der Waals surface area contributed by atoms with Crippen molar-refractivity contribution in [2.75, 3.05) is 0 Å². The van der Waals surface area contributed by atoms with Crippen molar-refractivity contribution < 1.29 is 8.78 Å². The van der Waals surface area contributed by atoms with Crippen LogP contribution in [0.15, 0.2) is 18.3 Å². The van der Waals surface area contributed by atoms with E-state index in [1.54, 1.807) is 0 Å². The normalized spacial score (nSPS) is 10.4. The molecule has 0 saturated carbocycles. The van der Waals surface area contributed by atoms with E-state index in [1.807, 2.05) is 0 Å². The van der Waals surface area contributed by atoms with Crippen LogP contribution in [0.1, 0.15) is 12.1 Å². The Hall–Kier alpha value is -0.700. The van der Waals surface area contributed by atoms with Crippen molar-refractivity contribution in [3.05, 3.63) is 29.0 Å². The van der Waals surface area contributed by atoms with E-state index in [-0.39, 0.29) is 10.7 Å². The number of nitrogens with zero attached hydrogens (tertiary/aromatic N) is 1. The predicted molar refractivity (Wildman–Crippen MR) is 34.2 cm³/mol. The van der Waals surface area contributed by atoms with Crippen molar-refractivity contribution in [3.8, 4) is 0 Å². The summed E-state index contributed by atoms with van der Waals surface area (Å²) in [6.45, 7) is 0. The highest BCUT2D eigenvalue weighted by Crippen LogP contribution is 2.18. The summed E-state index contributed by atoms with van der Waals surface area (Å²) in [7, 11) is 0. The second-order valence-electron chi connectivity index (χ2n) is 1.70. The molecule has 0 saturated heterocycles. The smallest absolute Gasteiger partial charge is 0.255 e. The van der Waals surface area contributed by atoms with E-state index in [9.17, 15) is 8.78 Å². The summed E-state index contributed by atoms with van der Waals surface area (Å²) in [4.78, 5) is 3.40. The van der Waals surface area contributed by atoms with Crippen molar-refractivity contribution in [2.24, 2.45) is 0 Å². The third-order valence-corrected chi connectivity index (χ3v) is 1.20. The molecule has 54 valence electrons. The fourth-order valence-corrected chi connectivity index (χ4v) is 0.709. The Morgan fingerprint density at radius 2 is 2.20 bits per heavy atom. The van der Waals surface area contributed by atoms with Crippen molar-refractivity contribution in [1.82, 2.24) is 4.98 Å². The molecule has 4 heteroatoms. The number of hydrogen-bond acceptors (Lipinski definition) is 1. The molecule has 0 aromatic carbocycles. The lowest BCUT2D eigenvalue weighted by Crippen LogP contribution is -1.87. The first-order valence-electron chi connectivity index (χ1n) is 2.60. The van der Waals surface area contributed by atoms with Crippen LogP contribution in [0.25, 0.3) is 0 Å². The van der Waals surface area contributed by atoms with Gasteiger partial charge in [0, 0.05) is 11.2 Å². The van der Waals surface area contributed by atoms with Crippen LogP contribution in [0.2, 0.25) is 5.02 Å². The Bertz CT molecular complexity index is 227. The van der Waals surface area contributed by atoms with Crippen LogP contribution in [-0.4, -0.2) is 4.98 Å². The van der Waals surface area contributed by atoms with Crippen molar-refractivity contribution in [2.45, 2.75) is 6.43 Å². The molecule has 1 rings (SSSR count). The largest absolute Gasteiger partial charge is 0.280 e.